The van der Waals surface area contributed by atoms with Crippen LogP contribution >= 0.6 is 0 Å². The van der Waals surface area contributed by atoms with Gasteiger partial charge in [0, 0.05) is 25.3 Å². The zero-order valence-electron chi connectivity index (χ0n) is 11.7. The Labute approximate surface area is 114 Å². The summed E-state index contributed by atoms with van der Waals surface area (Å²) in [4.78, 5) is 19.0. The fourth-order valence-electron chi connectivity index (χ4n) is 3.04. The van der Waals surface area contributed by atoms with Gasteiger partial charge in [-0.05, 0) is 26.8 Å². The highest BCUT2D eigenvalue weighted by molar-refractivity contribution is 5.92. The summed E-state index contributed by atoms with van der Waals surface area (Å²) in [7, 11) is 2.10. The largest absolute Gasteiger partial charge is 0.348 e. The Hall–Kier alpha value is -1.36. The first-order valence-electron chi connectivity index (χ1n) is 7.23. The van der Waals surface area contributed by atoms with Gasteiger partial charge in [-0.15, -0.1) is 0 Å². The van der Waals surface area contributed by atoms with Crippen LogP contribution in [0.5, 0.6) is 0 Å². The van der Waals surface area contributed by atoms with E-state index in [1.54, 1.807) is 0 Å². The topological polar surface area (TPSA) is 50.2 Å². The lowest BCUT2D eigenvalue weighted by Gasteiger charge is -2.29. The summed E-state index contributed by atoms with van der Waals surface area (Å²) in [5.41, 5.74) is 0.573. The Morgan fingerprint density at radius 2 is 2.11 bits per heavy atom. The number of hydrogen-bond acceptors (Lipinski definition) is 3. The average Bonchev–Trinajstić information content (AvgIpc) is 3.02. The summed E-state index contributed by atoms with van der Waals surface area (Å²) in [6.07, 6.45) is 6.58. The van der Waals surface area contributed by atoms with Gasteiger partial charge < -0.3 is 9.88 Å². The van der Waals surface area contributed by atoms with E-state index in [2.05, 4.69) is 33.7 Å². The van der Waals surface area contributed by atoms with Crippen molar-refractivity contribution in [3.05, 3.63) is 17.7 Å². The predicted octanol–water partition coefficient (Wildman–Crippen LogP) is 1.56. The minimum atomic E-state index is -0.0105. The summed E-state index contributed by atoms with van der Waals surface area (Å²) in [6, 6.07) is 0.633. The van der Waals surface area contributed by atoms with Crippen LogP contribution in [0.15, 0.2) is 6.20 Å². The Morgan fingerprint density at radius 1 is 1.37 bits per heavy atom. The average molecular weight is 262 g/mol. The van der Waals surface area contributed by atoms with Crippen molar-refractivity contribution in [2.45, 2.75) is 51.2 Å². The number of nitrogens with one attached hydrogen (secondary N) is 1. The second kappa shape index (κ2) is 4.96. The van der Waals surface area contributed by atoms with E-state index in [-0.39, 0.29) is 11.9 Å². The third-order valence-corrected chi connectivity index (χ3v) is 4.46. The number of hydrogen-bond donors (Lipinski definition) is 1. The highest BCUT2D eigenvalue weighted by Gasteiger charge is 2.26. The van der Waals surface area contributed by atoms with Gasteiger partial charge >= 0.3 is 0 Å². The third kappa shape index (κ3) is 2.39. The lowest BCUT2D eigenvalue weighted by molar-refractivity contribution is 0.0933. The number of rotatable bonds is 2. The van der Waals surface area contributed by atoms with Gasteiger partial charge in [-0.1, -0.05) is 12.8 Å². The van der Waals surface area contributed by atoms with Gasteiger partial charge in [0.05, 0.1) is 6.04 Å². The van der Waals surface area contributed by atoms with Crippen molar-refractivity contribution in [3.63, 3.8) is 0 Å². The second-order valence-corrected chi connectivity index (χ2v) is 5.79. The predicted molar refractivity (Wildman–Crippen MR) is 73.0 cm³/mol. The molecule has 2 heterocycles. The fourth-order valence-corrected chi connectivity index (χ4v) is 3.04. The summed E-state index contributed by atoms with van der Waals surface area (Å²) >= 11 is 0. The smallest absolute Gasteiger partial charge is 0.271 e. The zero-order valence-corrected chi connectivity index (χ0v) is 11.7. The first-order chi connectivity index (χ1) is 9.15. The van der Waals surface area contributed by atoms with E-state index in [1.165, 1.54) is 12.8 Å². The van der Waals surface area contributed by atoms with Crippen molar-refractivity contribution in [1.29, 1.82) is 0 Å². The molecule has 3 rings (SSSR count). The van der Waals surface area contributed by atoms with Crippen molar-refractivity contribution in [2.24, 2.45) is 0 Å². The van der Waals surface area contributed by atoms with E-state index < -0.39 is 0 Å². The molecule has 0 bridgehead atoms. The molecule has 1 aromatic rings. The van der Waals surface area contributed by atoms with E-state index in [9.17, 15) is 4.79 Å². The molecule has 1 amide bonds. The van der Waals surface area contributed by atoms with Crippen LogP contribution in [0.1, 0.15) is 55.0 Å². The molecule has 1 N–H and O–H groups in total. The number of carbonyl (C=O) groups excluding carboxylic acids is 1. The summed E-state index contributed by atoms with van der Waals surface area (Å²) in [5.74, 6) is 0.994. The molecule has 0 radical (unpaired) electrons. The minimum absolute atomic E-state index is 0.0105. The van der Waals surface area contributed by atoms with Gasteiger partial charge in [-0.3, -0.25) is 9.69 Å². The number of carbonyl (C=O) groups is 1. The van der Waals surface area contributed by atoms with E-state index >= 15 is 0 Å². The summed E-state index contributed by atoms with van der Waals surface area (Å²) in [6.45, 7) is 4.06. The highest BCUT2D eigenvalue weighted by Crippen LogP contribution is 2.23. The van der Waals surface area contributed by atoms with Crippen molar-refractivity contribution < 1.29 is 4.79 Å². The number of imidazole rings is 1. The van der Waals surface area contributed by atoms with E-state index in [0.717, 1.165) is 31.8 Å². The standard InChI is InChI=1S/C14H22N4O/c1-10-13-16-12(9-18(13)8-7-17(10)2)14(19)15-11-5-3-4-6-11/h9-11H,3-8H2,1-2H3,(H,15,19)/t10-/m1/s1. The third-order valence-electron chi connectivity index (χ3n) is 4.46. The van der Waals surface area contributed by atoms with Crippen molar-refractivity contribution in [1.82, 2.24) is 19.8 Å². The Morgan fingerprint density at radius 3 is 2.84 bits per heavy atom. The molecule has 1 aliphatic carbocycles. The van der Waals surface area contributed by atoms with Crippen LogP contribution < -0.4 is 5.32 Å². The van der Waals surface area contributed by atoms with Crippen LogP contribution in [-0.4, -0.2) is 40.0 Å². The van der Waals surface area contributed by atoms with Gasteiger partial charge in [0.2, 0.25) is 0 Å². The maximum atomic E-state index is 12.2. The first kappa shape index (κ1) is 12.7. The maximum absolute atomic E-state index is 12.2. The van der Waals surface area contributed by atoms with Gasteiger partial charge in [-0.25, -0.2) is 4.98 Å². The van der Waals surface area contributed by atoms with Gasteiger partial charge in [-0.2, -0.15) is 0 Å². The lowest BCUT2D eigenvalue weighted by atomic mass is 10.2. The first-order valence-corrected chi connectivity index (χ1v) is 7.23. The number of nitrogens with zero attached hydrogens (tertiary/aromatic N) is 3. The minimum Gasteiger partial charge on any atom is -0.348 e. The zero-order chi connectivity index (χ0) is 13.4. The molecule has 0 unspecified atom stereocenters. The molecule has 0 spiro atoms. The highest BCUT2D eigenvalue weighted by atomic mass is 16.2. The van der Waals surface area contributed by atoms with E-state index in [0.29, 0.717) is 11.7 Å². The van der Waals surface area contributed by atoms with Crippen LogP contribution in [0.4, 0.5) is 0 Å². The molecular weight excluding hydrogens is 240 g/mol. The van der Waals surface area contributed by atoms with Crippen LogP contribution in [0.25, 0.3) is 0 Å². The molecule has 2 aliphatic rings. The normalized spacial score (nSPS) is 24.4. The molecule has 1 atom stereocenters. The fraction of sp³-hybridized carbons (Fsp3) is 0.714. The molecule has 5 nitrogen and oxygen atoms in total. The molecule has 5 heteroatoms. The molecule has 19 heavy (non-hydrogen) atoms. The van der Waals surface area contributed by atoms with Crippen molar-refractivity contribution in [2.75, 3.05) is 13.6 Å². The van der Waals surface area contributed by atoms with Crippen LogP contribution in [-0.2, 0) is 6.54 Å². The van der Waals surface area contributed by atoms with Crippen molar-refractivity contribution >= 4 is 5.91 Å². The molecule has 0 saturated heterocycles. The molecular formula is C14H22N4O. The lowest BCUT2D eigenvalue weighted by Crippen LogP contribution is -2.33. The van der Waals surface area contributed by atoms with Crippen molar-refractivity contribution in [3.8, 4) is 0 Å². The van der Waals surface area contributed by atoms with E-state index in [4.69, 9.17) is 0 Å². The Kier molecular flexibility index (Phi) is 3.31. The molecule has 0 aromatic carbocycles. The Bertz CT molecular complexity index is 476. The number of likely N-dealkylation sites (N-methyl/N-ethyl adjacent to an activating group) is 1. The van der Waals surface area contributed by atoms with Crippen LogP contribution in [0, 0.1) is 0 Å². The molecule has 104 valence electrons. The SMILES string of the molecule is C[C@@H]1c2nc(C(=O)NC3CCCC3)cn2CCN1C. The van der Waals surface area contributed by atoms with Gasteiger partial charge in [0.1, 0.15) is 11.5 Å². The summed E-state index contributed by atoms with van der Waals surface area (Å²) in [5, 5.41) is 3.10. The number of fused-ring (bicyclic) bond motifs is 1. The van der Waals surface area contributed by atoms with Gasteiger partial charge in [0.25, 0.3) is 5.91 Å². The molecule has 1 aromatic heterocycles. The monoisotopic (exact) mass is 262 g/mol. The molecule has 1 aliphatic heterocycles. The summed E-state index contributed by atoms with van der Waals surface area (Å²) < 4.78 is 2.12. The quantitative estimate of drug-likeness (QED) is 0.880. The maximum Gasteiger partial charge on any atom is 0.271 e. The Balaban J connectivity index is 1.75. The van der Waals surface area contributed by atoms with Crippen LogP contribution in [0.2, 0.25) is 0 Å². The molecule has 1 saturated carbocycles. The second-order valence-electron chi connectivity index (χ2n) is 5.79. The van der Waals surface area contributed by atoms with Crippen LogP contribution in [0.3, 0.4) is 0 Å². The molecule has 1 fully saturated rings. The van der Waals surface area contributed by atoms with Gasteiger partial charge in [0.15, 0.2) is 0 Å². The number of aromatic nitrogens is 2. The number of amides is 1. The van der Waals surface area contributed by atoms with E-state index in [1.807, 2.05) is 6.20 Å².